The van der Waals surface area contributed by atoms with Gasteiger partial charge in [-0.05, 0) is 19.3 Å². The van der Waals surface area contributed by atoms with Crippen molar-refractivity contribution in [3.8, 4) is 0 Å². The maximum absolute atomic E-state index is 12.2. The fourth-order valence-electron chi connectivity index (χ4n) is 2.47. The Morgan fingerprint density at radius 1 is 1.20 bits per heavy atom. The summed E-state index contributed by atoms with van der Waals surface area (Å²) < 4.78 is 23.2. The van der Waals surface area contributed by atoms with Gasteiger partial charge in [0, 0.05) is 19.1 Å². The third-order valence-corrected chi connectivity index (χ3v) is 5.47. The lowest BCUT2D eigenvalue weighted by Gasteiger charge is -2.28. The molecule has 1 aliphatic heterocycles. The van der Waals surface area contributed by atoms with Crippen molar-refractivity contribution in [1.82, 2.24) is 10.2 Å². The summed E-state index contributed by atoms with van der Waals surface area (Å²) >= 11 is 0. The number of hydrogen-bond acceptors (Lipinski definition) is 3. The Bertz CT molecular complexity index is 395. The molecule has 1 N–H and O–H groups in total. The van der Waals surface area contributed by atoms with Crippen LogP contribution in [0.5, 0.6) is 0 Å². The maximum Gasteiger partial charge on any atom is 0.317 e. The highest BCUT2D eigenvalue weighted by atomic mass is 32.2. The van der Waals surface area contributed by atoms with E-state index in [0.29, 0.717) is 19.5 Å². The summed E-state index contributed by atoms with van der Waals surface area (Å²) in [6.45, 7) is 5.52. The molecule has 0 aliphatic carbocycles. The molecule has 2 amide bonds. The Labute approximate surface area is 123 Å². The van der Waals surface area contributed by atoms with Gasteiger partial charge in [-0.15, -0.1) is 0 Å². The molecule has 0 aromatic rings. The summed E-state index contributed by atoms with van der Waals surface area (Å²) in [5.41, 5.74) is 0. The highest BCUT2D eigenvalue weighted by Gasteiger charge is 2.34. The van der Waals surface area contributed by atoms with Crippen molar-refractivity contribution < 1.29 is 13.2 Å². The molecule has 5 nitrogen and oxygen atoms in total. The molecular formula is C14H28N2O3S. The van der Waals surface area contributed by atoms with E-state index in [1.54, 1.807) is 4.90 Å². The SMILES string of the molecule is CCCCCNC(=O)N(CCCC)C1CCS(=O)(=O)C1. The first kappa shape index (κ1) is 17.3. The summed E-state index contributed by atoms with van der Waals surface area (Å²) in [4.78, 5) is 14.0. The number of carbonyl (C=O) groups is 1. The minimum Gasteiger partial charge on any atom is -0.338 e. The molecule has 1 saturated heterocycles. The molecule has 0 bridgehead atoms. The molecule has 0 aromatic heterocycles. The van der Waals surface area contributed by atoms with Crippen LogP contribution in [0.1, 0.15) is 52.4 Å². The van der Waals surface area contributed by atoms with Crippen molar-refractivity contribution in [1.29, 1.82) is 0 Å². The maximum atomic E-state index is 12.2. The largest absolute Gasteiger partial charge is 0.338 e. The van der Waals surface area contributed by atoms with Crippen LogP contribution in [0.15, 0.2) is 0 Å². The number of urea groups is 1. The van der Waals surface area contributed by atoms with Gasteiger partial charge >= 0.3 is 6.03 Å². The van der Waals surface area contributed by atoms with Gasteiger partial charge in [0.05, 0.1) is 11.5 Å². The summed E-state index contributed by atoms with van der Waals surface area (Å²) in [7, 11) is -2.95. The lowest BCUT2D eigenvalue weighted by molar-refractivity contribution is 0.179. The van der Waals surface area contributed by atoms with Crippen LogP contribution in [0.4, 0.5) is 4.79 Å². The molecule has 0 saturated carbocycles. The third-order valence-electron chi connectivity index (χ3n) is 3.72. The van der Waals surface area contributed by atoms with Crippen LogP contribution in [-0.4, -0.2) is 50.0 Å². The van der Waals surface area contributed by atoms with Crippen molar-refractivity contribution in [2.45, 2.75) is 58.4 Å². The van der Waals surface area contributed by atoms with Gasteiger partial charge in [0.15, 0.2) is 9.84 Å². The number of nitrogens with zero attached hydrogens (tertiary/aromatic N) is 1. The van der Waals surface area contributed by atoms with E-state index < -0.39 is 9.84 Å². The molecule has 1 heterocycles. The summed E-state index contributed by atoms with van der Waals surface area (Å²) in [5, 5.41) is 2.92. The molecule has 1 fully saturated rings. The van der Waals surface area contributed by atoms with E-state index in [-0.39, 0.29) is 23.6 Å². The van der Waals surface area contributed by atoms with Gasteiger partial charge in [-0.1, -0.05) is 33.1 Å². The Morgan fingerprint density at radius 3 is 2.45 bits per heavy atom. The van der Waals surface area contributed by atoms with Gasteiger partial charge in [0.1, 0.15) is 0 Å². The van der Waals surface area contributed by atoms with Crippen molar-refractivity contribution in [2.24, 2.45) is 0 Å². The molecule has 0 radical (unpaired) electrons. The zero-order chi connectivity index (χ0) is 15.0. The van der Waals surface area contributed by atoms with Gasteiger partial charge < -0.3 is 10.2 Å². The minimum absolute atomic E-state index is 0.100. The van der Waals surface area contributed by atoms with Crippen molar-refractivity contribution >= 4 is 15.9 Å². The predicted molar refractivity (Wildman–Crippen MR) is 81.6 cm³/mol. The zero-order valence-electron chi connectivity index (χ0n) is 12.7. The summed E-state index contributed by atoms with van der Waals surface area (Å²) in [5.74, 6) is 0.336. The average Bonchev–Trinajstić information content (AvgIpc) is 2.75. The first-order chi connectivity index (χ1) is 9.50. The number of carbonyl (C=O) groups excluding carboxylic acids is 1. The van der Waals surface area contributed by atoms with Crippen LogP contribution in [-0.2, 0) is 9.84 Å². The quantitative estimate of drug-likeness (QED) is 0.699. The fourth-order valence-corrected chi connectivity index (χ4v) is 4.20. The van der Waals surface area contributed by atoms with Gasteiger partial charge in [-0.3, -0.25) is 0 Å². The van der Waals surface area contributed by atoms with Crippen LogP contribution in [0.3, 0.4) is 0 Å². The van der Waals surface area contributed by atoms with Crippen molar-refractivity contribution in [3.05, 3.63) is 0 Å². The molecule has 1 rings (SSSR count). The molecule has 1 atom stereocenters. The van der Waals surface area contributed by atoms with Crippen molar-refractivity contribution in [3.63, 3.8) is 0 Å². The number of unbranched alkanes of at least 4 members (excludes halogenated alkanes) is 3. The molecule has 118 valence electrons. The monoisotopic (exact) mass is 304 g/mol. The van der Waals surface area contributed by atoms with E-state index in [1.807, 2.05) is 0 Å². The fraction of sp³-hybridized carbons (Fsp3) is 0.929. The normalized spacial score (nSPS) is 20.8. The average molecular weight is 304 g/mol. The first-order valence-corrected chi connectivity index (χ1v) is 9.57. The lowest BCUT2D eigenvalue weighted by atomic mass is 10.2. The zero-order valence-corrected chi connectivity index (χ0v) is 13.5. The topological polar surface area (TPSA) is 66.5 Å². The Hall–Kier alpha value is -0.780. The highest BCUT2D eigenvalue weighted by molar-refractivity contribution is 7.91. The Balaban J connectivity index is 2.52. The second-order valence-corrected chi connectivity index (χ2v) is 7.77. The highest BCUT2D eigenvalue weighted by Crippen LogP contribution is 2.18. The van der Waals surface area contributed by atoms with Crippen LogP contribution in [0.25, 0.3) is 0 Å². The molecule has 0 spiro atoms. The van der Waals surface area contributed by atoms with E-state index in [0.717, 1.165) is 32.1 Å². The summed E-state index contributed by atoms with van der Waals surface area (Å²) in [6, 6.07) is -0.241. The van der Waals surface area contributed by atoms with Crippen LogP contribution >= 0.6 is 0 Å². The minimum atomic E-state index is -2.95. The Morgan fingerprint density at radius 2 is 1.90 bits per heavy atom. The third kappa shape index (κ3) is 5.69. The van der Waals surface area contributed by atoms with E-state index in [4.69, 9.17) is 0 Å². The number of sulfone groups is 1. The van der Waals surface area contributed by atoms with E-state index in [9.17, 15) is 13.2 Å². The van der Waals surface area contributed by atoms with Crippen LogP contribution in [0, 0.1) is 0 Å². The van der Waals surface area contributed by atoms with Crippen LogP contribution < -0.4 is 5.32 Å². The second kappa shape index (κ2) is 8.49. The van der Waals surface area contributed by atoms with Gasteiger partial charge in [-0.25, -0.2) is 13.2 Å². The van der Waals surface area contributed by atoms with Crippen LogP contribution in [0.2, 0.25) is 0 Å². The molecule has 0 aromatic carbocycles. The predicted octanol–water partition coefficient (Wildman–Crippen LogP) is 2.18. The molecule has 1 aliphatic rings. The summed E-state index contributed by atoms with van der Waals surface area (Å²) in [6.07, 6.45) is 5.70. The smallest absolute Gasteiger partial charge is 0.317 e. The standard InChI is InChI=1S/C14H28N2O3S/c1-3-5-7-9-15-14(17)16(10-6-4-2)13-8-11-20(18,19)12-13/h13H,3-12H2,1-2H3,(H,15,17). The first-order valence-electron chi connectivity index (χ1n) is 7.75. The molecule has 6 heteroatoms. The molecular weight excluding hydrogens is 276 g/mol. The number of nitrogens with one attached hydrogen (secondary N) is 1. The van der Waals surface area contributed by atoms with E-state index in [2.05, 4.69) is 19.2 Å². The Kier molecular flexibility index (Phi) is 7.34. The lowest BCUT2D eigenvalue weighted by Crippen LogP contribution is -2.47. The van der Waals surface area contributed by atoms with Gasteiger partial charge in [0.25, 0.3) is 0 Å². The molecule has 1 unspecified atom stereocenters. The number of rotatable bonds is 8. The van der Waals surface area contributed by atoms with Gasteiger partial charge in [0.2, 0.25) is 0 Å². The van der Waals surface area contributed by atoms with E-state index >= 15 is 0 Å². The van der Waals surface area contributed by atoms with Crippen molar-refractivity contribution in [2.75, 3.05) is 24.6 Å². The second-order valence-electron chi connectivity index (χ2n) is 5.54. The number of amides is 2. The number of hydrogen-bond donors (Lipinski definition) is 1. The van der Waals surface area contributed by atoms with E-state index in [1.165, 1.54) is 0 Å². The molecule has 20 heavy (non-hydrogen) atoms. The van der Waals surface area contributed by atoms with Gasteiger partial charge in [-0.2, -0.15) is 0 Å².